The lowest BCUT2D eigenvalue weighted by molar-refractivity contribution is -0.137. The first-order chi connectivity index (χ1) is 16.1. The van der Waals surface area contributed by atoms with Gasteiger partial charge in [0.2, 0.25) is 0 Å². The Morgan fingerprint density at radius 2 is 1.79 bits per heavy atom. The largest absolute Gasteiger partial charge is 0.487 e. The maximum absolute atomic E-state index is 13.5. The minimum Gasteiger partial charge on any atom is -0.487 e. The molecule has 1 atom stereocenters. The van der Waals surface area contributed by atoms with Gasteiger partial charge < -0.3 is 4.74 Å². The molecule has 0 aromatic heterocycles. The molecule has 0 bridgehead atoms. The second-order valence-corrected chi connectivity index (χ2v) is 9.97. The first-order valence-electron chi connectivity index (χ1n) is 10.9. The molecule has 0 saturated carbocycles. The molecule has 1 aliphatic heterocycles. The highest BCUT2D eigenvalue weighted by molar-refractivity contribution is 7.92. The molecule has 0 amide bonds. The lowest BCUT2D eigenvalue weighted by Gasteiger charge is -2.34. The van der Waals surface area contributed by atoms with Crippen molar-refractivity contribution >= 4 is 27.4 Å². The van der Waals surface area contributed by atoms with Gasteiger partial charge in [0, 0.05) is 0 Å². The van der Waals surface area contributed by atoms with Crippen molar-refractivity contribution in [3.63, 3.8) is 0 Å². The zero-order valence-electron chi connectivity index (χ0n) is 18.7. The first-order valence-corrected chi connectivity index (χ1v) is 12.3. The van der Waals surface area contributed by atoms with Gasteiger partial charge in [-0.15, -0.1) is 0 Å². The Hall–Kier alpha value is -3.26. The molecule has 0 aliphatic carbocycles. The maximum Gasteiger partial charge on any atom is 0.416 e. The van der Waals surface area contributed by atoms with Crippen LogP contribution in [0.1, 0.15) is 37.0 Å². The average molecular weight is 488 g/mol. The Morgan fingerprint density at radius 3 is 2.47 bits per heavy atom. The molecule has 3 aromatic rings. The number of rotatable bonds is 5. The summed E-state index contributed by atoms with van der Waals surface area (Å²) in [6, 6.07) is 18.9. The highest BCUT2D eigenvalue weighted by Gasteiger charge is 2.36. The molecule has 0 N–H and O–H groups in total. The Morgan fingerprint density at radius 1 is 1.06 bits per heavy atom. The molecule has 178 valence electrons. The van der Waals surface area contributed by atoms with Crippen molar-refractivity contribution in [1.29, 1.82) is 0 Å². The lowest BCUT2D eigenvalue weighted by atomic mass is 10.0. The molecule has 8 heteroatoms. The van der Waals surface area contributed by atoms with Crippen molar-refractivity contribution in [3.05, 3.63) is 89.5 Å². The van der Waals surface area contributed by atoms with E-state index in [0.717, 1.165) is 39.6 Å². The predicted molar refractivity (Wildman–Crippen MR) is 127 cm³/mol. The van der Waals surface area contributed by atoms with E-state index in [0.29, 0.717) is 17.5 Å². The van der Waals surface area contributed by atoms with Gasteiger partial charge in [-0.1, -0.05) is 55.5 Å². The summed E-state index contributed by atoms with van der Waals surface area (Å²) in [6.45, 7) is 3.74. The van der Waals surface area contributed by atoms with Crippen molar-refractivity contribution in [2.24, 2.45) is 0 Å². The number of ether oxygens (including phenoxy) is 1. The van der Waals surface area contributed by atoms with Crippen molar-refractivity contribution in [3.8, 4) is 5.75 Å². The topological polar surface area (TPSA) is 46.6 Å². The summed E-state index contributed by atoms with van der Waals surface area (Å²) in [5.41, 5.74) is 2.18. The zero-order valence-corrected chi connectivity index (χ0v) is 19.5. The molecule has 1 aliphatic rings. The molecule has 0 spiro atoms. The molecule has 1 heterocycles. The summed E-state index contributed by atoms with van der Waals surface area (Å²) in [5, 5.41) is 0. The molecule has 0 saturated heterocycles. The normalized spacial score (nSPS) is 16.7. The van der Waals surface area contributed by atoms with Crippen LogP contribution >= 0.6 is 0 Å². The first kappa shape index (κ1) is 23.9. The van der Waals surface area contributed by atoms with Crippen LogP contribution < -0.4 is 9.04 Å². The third-order valence-corrected chi connectivity index (χ3v) is 7.39. The molecule has 0 fully saturated rings. The Labute approximate surface area is 197 Å². The van der Waals surface area contributed by atoms with Gasteiger partial charge in [0.15, 0.2) is 0 Å². The number of halogens is 3. The van der Waals surface area contributed by atoms with Crippen molar-refractivity contribution < 1.29 is 26.3 Å². The van der Waals surface area contributed by atoms with Crippen molar-refractivity contribution in [1.82, 2.24) is 0 Å². The van der Waals surface area contributed by atoms with Gasteiger partial charge in [0.25, 0.3) is 10.0 Å². The average Bonchev–Trinajstić information content (AvgIpc) is 2.82. The second kappa shape index (κ2) is 9.18. The van der Waals surface area contributed by atoms with Gasteiger partial charge >= 0.3 is 6.18 Å². The summed E-state index contributed by atoms with van der Waals surface area (Å²) < 4.78 is 73.6. The minimum atomic E-state index is -4.65. The van der Waals surface area contributed by atoms with Crippen LogP contribution in [0.2, 0.25) is 0 Å². The monoisotopic (exact) mass is 487 g/mol. The third-order valence-electron chi connectivity index (χ3n) is 5.62. The van der Waals surface area contributed by atoms with Gasteiger partial charge in [-0.05, 0) is 60.4 Å². The summed E-state index contributed by atoms with van der Waals surface area (Å²) in [7, 11) is -4.26. The predicted octanol–water partition coefficient (Wildman–Crippen LogP) is 6.63. The van der Waals surface area contributed by atoms with E-state index in [-0.39, 0.29) is 6.54 Å². The third kappa shape index (κ3) is 4.82. The molecule has 1 unspecified atom stereocenters. The van der Waals surface area contributed by atoms with E-state index in [1.165, 1.54) is 6.07 Å². The number of anilines is 1. The van der Waals surface area contributed by atoms with E-state index in [4.69, 9.17) is 4.74 Å². The number of fused-ring (bicyclic) bond motifs is 1. The van der Waals surface area contributed by atoms with E-state index in [2.05, 4.69) is 0 Å². The number of benzene rings is 3. The summed E-state index contributed by atoms with van der Waals surface area (Å²) in [4.78, 5) is -0.415. The Bertz CT molecular complexity index is 1320. The van der Waals surface area contributed by atoms with Gasteiger partial charge in [-0.3, -0.25) is 4.31 Å². The van der Waals surface area contributed by atoms with Crippen molar-refractivity contribution in [2.75, 3.05) is 10.8 Å². The van der Waals surface area contributed by atoms with Gasteiger partial charge in [0.05, 0.1) is 22.7 Å². The standard InChI is InChI=1S/C26H24F3NO3S/c1-3-20(21-8-5-4-6-9-21)14-19-12-13-25-24(15-19)30(17-18(2)33-25)34(31,32)23-11-7-10-22(16-23)26(27,28)29/h4-16,18H,3,17H2,1-2H3. The Kier molecular flexibility index (Phi) is 6.45. The van der Waals surface area contributed by atoms with Crippen LogP contribution in [0.4, 0.5) is 18.9 Å². The van der Waals surface area contributed by atoms with Crippen LogP contribution in [0.25, 0.3) is 11.6 Å². The fraction of sp³-hybridized carbons (Fsp3) is 0.231. The number of allylic oxidation sites excluding steroid dienone is 1. The number of nitrogens with zero attached hydrogens (tertiary/aromatic N) is 1. The van der Waals surface area contributed by atoms with Crippen LogP contribution in [0.15, 0.2) is 77.7 Å². The van der Waals surface area contributed by atoms with E-state index in [1.807, 2.05) is 49.4 Å². The molecule has 3 aromatic carbocycles. The summed E-state index contributed by atoms with van der Waals surface area (Å²) >= 11 is 0. The molecule has 4 rings (SSSR count). The van der Waals surface area contributed by atoms with Gasteiger partial charge in [-0.25, -0.2) is 8.42 Å². The highest BCUT2D eigenvalue weighted by atomic mass is 32.2. The fourth-order valence-corrected chi connectivity index (χ4v) is 5.52. The number of sulfonamides is 1. The molecule has 0 radical (unpaired) electrons. The van der Waals surface area contributed by atoms with Crippen LogP contribution in [0.3, 0.4) is 0 Å². The second-order valence-electron chi connectivity index (χ2n) is 8.11. The molecule has 34 heavy (non-hydrogen) atoms. The zero-order chi connectivity index (χ0) is 24.5. The van der Waals surface area contributed by atoms with E-state index < -0.39 is 32.8 Å². The molecule has 4 nitrogen and oxygen atoms in total. The SMILES string of the molecule is CCC(=Cc1ccc2c(c1)N(S(=O)(=O)c1cccc(C(F)(F)F)c1)CC(C)O2)c1ccccc1. The fourth-order valence-electron chi connectivity index (χ4n) is 3.94. The smallest absolute Gasteiger partial charge is 0.416 e. The lowest BCUT2D eigenvalue weighted by Crippen LogP contribution is -2.42. The van der Waals surface area contributed by atoms with Gasteiger partial charge in [-0.2, -0.15) is 13.2 Å². The number of hydrogen-bond donors (Lipinski definition) is 0. The number of hydrogen-bond acceptors (Lipinski definition) is 3. The van der Waals surface area contributed by atoms with E-state index in [9.17, 15) is 21.6 Å². The quantitative estimate of drug-likeness (QED) is 0.380. The Balaban J connectivity index is 1.78. The highest BCUT2D eigenvalue weighted by Crippen LogP contribution is 2.39. The van der Waals surface area contributed by atoms with E-state index in [1.54, 1.807) is 19.1 Å². The molecular weight excluding hydrogens is 463 g/mol. The number of alkyl halides is 3. The summed E-state index contributed by atoms with van der Waals surface area (Å²) in [6.07, 6.45) is -2.37. The molecular formula is C26H24F3NO3S. The van der Waals surface area contributed by atoms with Crippen LogP contribution in [-0.2, 0) is 16.2 Å². The maximum atomic E-state index is 13.5. The van der Waals surface area contributed by atoms with Crippen LogP contribution in [0, 0.1) is 0 Å². The minimum absolute atomic E-state index is 0.0158. The van der Waals surface area contributed by atoms with Gasteiger partial charge in [0.1, 0.15) is 11.9 Å². The van der Waals surface area contributed by atoms with Crippen LogP contribution in [0.5, 0.6) is 5.75 Å². The van der Waals surface area contributed by atoms with Crippen molar-refractivity contribution in [2.45, 2.75) is 37.4 Å². The summed E-state index contributed by atoms with van der Waals surface area (Å²) in [5.74, 6) is 0.365. The van der Waals surface area contributed by atoms with E-state index >= 15 is 0 Å². The van der Waals surface area contributed by atoms with Crippen LogP contribution in [-0.4, -0.2) is 21.1 Å².